The molecule has 0 aromatic heterocycles. The summed E-state index contributed by atoms with van der Waals surface area (Å²) in [6.45, 7) is 15.2. The summed E-state index contributed by atoms with van der Waals surface area (Å²) < 4.78 is 6.53. The van der Waals surface area contributed by atoms with Crippen LogP contribution in [0.4, 0.5) is 0 Å². The van der Waals surface area contributed by atoms with E-state index >= 15 is 0 Å². The molecule has 1 atom stereocenters. The third-order valence-electron chi connectivity index (χ3n) is 11.6. The predicted octanol–water partition coefficient (Wildman–Crippen LogP) is 7.67. The van der Waals surface area contributed by atoms with Gasteiger partial charge in [0.05, 0.1) is 18.1 Å². The van der Waals surface area contributed by atoms with Crippen LogP contribution in [-0.2, 0) is 9.53 Å². The summed E-state index contributed by atoms with van der Waals surface area (Å²) in [4.78, 5) is 17.5. The number of ether oxygens (including phenoxy) is 1. The van der Waals surface area contributed by atoms with Crippen molar-refractivity contribution in [2.45, 2.75) is 103 Å². The van der Waals surface area contributed by atoms with E-state index in [-0.39, 0.29) is 24.4 Å². The van der Waals surface area contributed by atoms with Crippen molar-refractivity contribution in [3.63, 3.8) is 0 Å². The fourth-order valence-electron chi connectivity index (χ4n) is 8.78. The number of rotatable bonds is 8. The van der Waals surface area contributed by atoms with Crippen molar-refractivity contribution in [2.75, 3.05) is 26.7 Å². The van der Waals surface area contributed by atoms with Crippen LogP contribution in [0.2, 0.25) is 0 Å². The van der Waals surface area contributed by atoms with Crippen LogP contribution in [0.3, 0.4) is 0 Å². The van der Waals surface area contributed by atoms with E-state index in [9.17, 15) is 4.79 Å². The van der Waals surface area contributed by atoms with Crippen molar-refractivity contribution < 1.29 is 11.0 Å². The molecule has 2 aliphatic heterocycles. The number of fused-ring (bicyclic) bond motifs is 2. The zero-order valence-corrected chi connectivity index (χ0v) is 26.9. The summed E-state index contributed by atoms with van der Waals surface area (Å²) >= 11 is 0. The van der Waals surface area contributed by atoms with E-state index in [4.69, 9.17) is 4.74 Å². The molecule has 7 aliphatic rings. The van der Waals surface area contributed by atoms with Crippen LogP contribution >= 0.6 is 0 Å². The number of likely N-dealkylation sites (tertiary alicyclic amines) is 1. The highest BCUT2D eigenvalue weighted by atomic mass is 16.5. The Balaban J connectivity index is 0.00000126. The maximum atomic E-state index is 14.7. The molecule has 0 aromatic carbocycles. The minimum absolute atomic E-state index is 0. The summed E-state index contributed by atoms with van der Waals surface area (Å²) in [5.74, 6) is 2.46. The van der Waals surface area contributed by atoms with Gasteiger partial charge in [-0.1, -0.05) is 57.4 Å². The van der Waals surface area contributed by atoms with Gasteiger partial charge in [0, 0.05) is 32.0 Å². The van der Waals surface area contributed by atoms with Gasteiger partial charge in [-0.15, -0.1) is 0 Å². The van der Waals surface area contributed by atoms with Crippen LogP contribution in [0, 0.1) is 16.7 Å². The first-order chi connectivity index (χ1) is 20.9. The zero-order chi connectivity index (χ0) is 30.2. The minimum Gasteiger partial charge on any atom is -0.493 e. The molecule has 2 heterocycles. The molecule has 7 rings (SSSR count). The van der Waals surface area contributed by atoms with Gasteiger partial charge in [-0.2, -0.15) is 0 Å². The first-order valence-corrected chi connectivity index (χ1v) is 17.1. The molecule has 234 valence electrons. The number of ketones is 1. The van der Waals surface area contributed by atoms with E-state index in [1.165, 1.54) is 68.3 Å². The highest BCUT2D eigenvalue weighted by Gasteiger charge is 2.60. The number of allylic oxidation sites excluding steroid dienone is 10. The lowest BCUT2D eigenvalue weighted by Gasteiger charge is -2.40. The molecule has 2 N–H and O–H groups in total. The third-order valence-corrected chi connectivity index (χ3v) is 11.6. The largest absolute Gasteiger partial charge is 0.493 e. The highest BCUT2D eigenvalue weighted by Crippen LogP contribution is 2.61. The van der Waals surface area contributed by atoms with Crippen LogP contribution in [-0.4, -0.2) is 49.0 Å². The van der Waals surface area contributed by atoms with Crippen LogP contribution in [0.1, 0.15) is 92.3 Å². The zero-order valence-electron chi connectivity index (χ0n) is 26.9. The van der Waals surface area contributed by atoms with E-state index in [1.54, 1.807) is 0 Å². The van der Waals surface area contributed by atoms with Gasteiger partial charge in [0.1, 0.15) is 11.6 Å². The summed E-state index contributed by atoms with van der Waals surface area (Å²) in [6, 6.07) is 0. The van der Waals surface area contributed by atoms with Gasteiger partial charge < -0.3 is 15.4 Å². The Labute approximate surface area is 261 Å². The number of hydrogen-bond donors (Lipinski definition) is 2. The molecule has 0 aromatic rings. The van der Waals surface area contributed by atoms with Crippen LogP contribution < -0.4 is 10.6 Å². The highest BCUT2D eigenvalue weighted by molar-refractivity contribution is 5.99. The maximum Gasteiger partial charge on any atom is 0.150 e. The normalized spacial score (nSPS) is 32.1. The van der Waals surface area contributed by atoms with Crippen LogP contribution in [0.25, 0.3) is 0 Å². The van der Waals surface area contributed by atoms with Crippen molar-refractivity contribution in [3.8, 4) is 0 Å². The molecule has 0 amide bonds. The lowest BCUT2D eigenvalue weighted by Crippen LogP contribution is -2.46. The first kappa shape index (κ1) is 30.2. The van der Waals surface area contributed by atoms with Crippen LogP contribution in [0.15, 0.2) is 83.5 Å². The summed E-state index contributed by atoms with van der Waals surface area (Å²) in [5, 5.41) is 6.60. The Hall–Kier alpha value is -2.79. The fourth-order valence-corrected chi connectivity index (χ4v) is 8.78. The van der Waals surface area contributed by atoms with E-state index < -0.39 is 0 Å². The van der Waals surface area contributed by atoms with E-state index in [1.807, 2.05) is 33.0 Å². The number of nitrogens with one attached hydrogen (secondary N) is 2. The Kier molecular flexibility index (Phi) is 8.41. The van der Waals surface area contributed by atoms with Crippen LogP contribution in [0.5, 0.6) is 0 Å². The molecule has 5 aliphatic carbocycles. The number of dihydropyridines is 1. The summed E-state index contributed by atoms with van der Waals surface area (Å²) in [6.07, 6.45) is 26.5. The second kappa shape index (κ2) is 12.0. The summed E-state index contributed by atoms with van der Waals surface area (Å²) in [5.41, 5.74) is 5.41. The van der Waals surface area contributed by atoms with Crippen molar-refractivity contribution in [2.24, 2.45) is 16.7 Å². The number of piperidine rings is 1. The molecule has 5 nitrogen and oxygen atoms in total. The van der Waals surface area contributed by atoms with Gasteiger partial charge in [-0.3, -0.25) is 9.69 Å². The smallest absolute Gasteiger partial charge is 0.150 e. The van der Waals surface area contributed by atoms with Crippen molar-refractivity contribution >= 4 is 5.78 Å². The number of hydrogen-bond acceptors (Lipinski definition) is 5. The Morgan fingerprint density at radius 1 is 1.09 bits per heavy atom. The molecule has 1 unspecified atom stereocenters. The van der Waals surface area contributed by atoms with E-state index in [0.29, 0.717) is 17.7 Å². The molecule has 4 saturated carbocycles. The third kappa shape index (κ3) is 5.52. The van der Waals surface area contributed by atoms with Gasteiger partial charge >= 0.3 is 0 Å². The number of Topliss-reactive ketones (excluding diaryl/α,β-unsaturated/α-hetero) is 1. The van der Waals surface area contributed by atoms with Crippen molar-refractivity contribution in [1.82, 2.24) is 15.5 Å². The van der Waals surface area contributed by atoms with Gasteiger partial charge in [-0.25, -0.2) is 0 Å². The quantitative estimate of drug-likeness (QED) is 0.306. The Morgan fingerprint density at radius 3 is 2.51 bits per heavy atom. The second-order valence-electron chi connectivity index (χ2n) is 13.9. The Bertz CT molecular complexity index is 1300. The summed E-state index contributed by atoms with van der Waals surface area (Å²) in [7, 11) is 1.91. The molecule has 5 heteroatoms. The standard InChI is InChI=1S/C36H47N3O2.C2H6.H2/c1-4-25-7-9-29-30(22-35(18-19-35)39-20-6-13-34(24-39)16-17-34)32(40)36(31(29)10-8-25)14-11-27(12-15-36)41-28-21-26(5-2)33(37-3)38-23-28;1-2;/h4-5,7,9-10,21,27,30,37-38H,1-2,6,8,11-20,22-24H2,3H3;1-2H3;1H. The Morgan fingerprint density at radius 2 is 1.86 bits per heavy atom. The van der Waals surface area contributed by atoms with Gasteiger partial charge in [0.15, 0.2) is 5.78 Å². The SMILES string of the molecule is C=CC1=CC=C2C(=CC1)C1(CCC(OC3=CC(C=C)=C(NC)NC3)CC1)C(=O)C2CC1(N2CCCC3(CC3)C2)CC1.CC.[HH]. The molecule has 2 spiro atoms. The number of carbonyl (C=O) groups is 1. The lowest BCUT2D eigenvalue weighted by atomic mass is 9.68. The van der Waals surface area contributed by atoms with E-state index in [2.05, 4.69) is 53.0 Å². The molecular formula is C38H55N3O2. The fraction of sp³-hybridized carbons (Fsp3) is 0.605. The molecule has 5 fully saturated rings. The topological polar surface area (TPSA) is 53.6 Å². The minimum atomic E-state index is -0.360. The average molecular weight is 586 g/mol. The predicted molar refractivity (Wildman–Crippen MR) is 178 cm³/mol. The van der Waals surface area contributed by atoms with E-state index in [0.717, 1.165) is 55.7 Å². The molecule has 1 saturated heterocycles. The lowest BCUT2D eigenvalue weighted by molar-refractivity contribution is -0.130. The molecule has 0 bridgehead atoms. The number of carbonyl (C=O) groups excluding carboxylic acids is 1. The average Bonchev–Trinajstić information content (AvgIpc) is 3.98. The van der Waals surface area contributed by atoms with Gasteiger partial charge in [0.25, 0.3) is 0 Å². The monoisotopic (exact) mass is 585 g/mol. The first-order valence-electron chi connectivity index (χ1n) is 17.1. The molecule has 43 heavy (non-hydrogen) atoms. The number of nitrogens with zero attached hydrogens (tertiary/aromatic N) is 1. The van der Waals surface area contributed by atoms with Gasteiger partial charge in [0.2, 0.25) is 0 Å². The van der Waals surface area contributed by atoms with Gasteiger partial charge in [-0.05, 0) is 112 Å². The molecule has 0 radical (unpaired) electrons. The van der Waals surface area contributed by atoms with Crippen molar-refractivity contribution in [1.29, 1.82) is 0 Å². The molecular weight excluding hydrogens is 530 g/mol. The second-order valence-corrected chi connectivity index (χ2v) is 13.9. The maximum absolute atomic E-state index is 14.7. The van der Waals surface area contributed by atoms with Crippen molar-refractivity contribution in [3.05, 3.63) is 83.5 Å².